The number of hydrogen-bond acceptors (Lipinski definition) is 4. The Balaban J connectivity index is 1.89. The molecule has 24 heavy (non-hydrogen) atoms. The van der Waals surface area contributed by atoms with E-state index < -0.39 is 16.0 Å². The number of anilines is 1. The van der Waals surface area contributed by atoms with E-state index in [9.17, 15) is 13.2 Å². The molecular weight excluding hydrogens is 330 g/mol. The van der Waals surface area contributed by atoms with E-state index in [1.807, 2.05) is 0 Å². The van der Waals surface area contributed by atoms with Crippen LogP contribution in [0.3, 0.4) is 0 Å². The molecule has 0 amide bonds. The summed E-state index contributed by atoms with van der Waals surface area (Å²) in [4.78, 5) is 11.1. The van der Waals surface area contributed by atoms with Gasteiger partial charge in [-0.05, 0) is 30.3 Å². The first-order valence-corrected chi connectivity index (χ1v) is 8.40. The lowest BCUT2D eigenvalue weighted by Crippen LogP contribution is -2.13. The minimum absolute atomic E-state index is 0.0465. The van der Waals surface area contributed by atoms with E-state index in [1.165, 1.54) is 29.2 Å². The average Bonchev–Trinajstić information content (AvgIpc) is 3.06. The maximum atomic E-state index is 12.3. The van der Waals surface area contributed by atoms with E-state index in [2.05, 4.69) is 9.82 Å². The maximum absolute atomic E-state index is 12.3. The molecule has 0 aliphatic rings. The fourth-order valence-electron chi connectivity index (χ4n) is 2.10. The first kappa shape index (κ1) is 15.8. The molecule has 0 aliphatic carbocycles. The molecule has 3 aromatic rings. The van der Waals surface area contributed by atoms with Crippen LogP contribution >= 0.6 is 0 Å². The highest BCUT2D eigenvalue weighted by Gasteiger charge is 2.14. The third-order valence-electron chi connectivity index (χ3n) is 3.25. The topological polar surface area (TPSA) is 101 Å². The van der Waals surface area contributed by atoms with Gasteiger partial charge in [0.05, 0.1) is 28.0 Å². The molecule has 0 atom stereocenters. The highest BCUT2D eigenvalue weighted by Crippen LogP contribution is 2.19. The lowest BCUT2D eigenvalue weighted by Gasteiger charge is -2.09. The predicted molar refractivity (Wildman–Crippen MR) is 87.8 cm³/mol. The zero-order valence-electron chi connectivity index (χ0n) is 12.3. The summed E-state index contributed by atoms with van der Waals surface area (Å²) < 4.78 is 28.5. The number of nitrogens with one attached hydrogen (secondary N) is 1. The van der Waals surface area contributed by atoms with Gasteiger partial charge in [-0.25, -0.2) is 17.9 Å². The van der Waals surface area contributed by atoms with Crippen molar-refractivity contribution < 1.29 is 18.3 Å². The molecule has 0 aliphatic heterocycles. The van der Waals surface area contributed by atoms with E-state index in [-0.39, 0.29) is 10.5 Å². The minimum atomic E-state index is -3.69. The molecule has 3 rings (SSSR count). The van der Waals surface area contributed by atoms with Gasteiger partial charge in [0, 0.05) is 6.20 Å². The summed E-state index contributed by atoms with van der Waals surface area (Å²) in [6.07, 6.45) is 2.58. The predicted octanol–water partition coefficient (Wildman–Crippen LogP) is 2.37. The summed E-state index contributed by atoms with van der Waals surface area (Å²) in [5, 5.41) is 12.9. The van der Waals surface area contributed by atoms with Crippen molar-refractivity contribution in [2.24, 2.45) is 0 Å². The molecule has 2 N–H and O–H groups in total. The molecule has 1 aromatic heterocycles. The molecule has 0 unspecified atom stereocenters. The highest BCUT2D eigenvalue weighted by atomic mass is 32.2. The van der Waals surface area contributed by atoms with Gasteiger partial charge >= 0.3 is 5.97 Å². The van der Waals surface area contributed by atoms with Gasteiger partial charge in [-0.3, -0.25) is 4.72 Å². The summed E-state index contributed by atoms with van der Waals surface area (Å²) in [5.74, 6) is -1.08. The van der Waals surface area contributed by atoms with Gasteiger partial charge in [0.1, 0.15) is 0 Å². The molecule has 1 heterocycles. The Bertz CT molecular complexity index is 981. The van der Waals surface area contributed by atoms with Gasteiger partial charge in [0.2, 0.25) is 0 Å². The standard InChI is InChI=1S/C16H13N3O4S/c20-16(21)12-10-17-19(11-12)14-6-4-5-13(9-14)18-24(22,23)15-7-2-1-3-8-15/h1-11,18H,(H,20,21). The third-order valence-corrected chi connectivity index (χ3v) is 4.64. The largest absolute Gasteiger partial charge is 0.478 e. The van der Waals surface area contributed by atoms with Crippen LogP contribution in [0.2, 0.25) is 0 Å². The second-order valence-corrected chi connectivity index (χ2v) is 6.63. The van der Waals surface area contributed by atoms with E-state index in [0.29, 0.717) is 11.4 Å². The van der Waals surface area contributed by atoms with E-state index in [0.717, 1.165) is 0 Å². The Morgan fingerprint density at radius 2 is 1.83 bits per heavy atom. The van der Waals surface area contributed by atoms with Gasteiger partial charge in [-0.1, -0.05) is 24.3 Å². The number of benzene rings is 2. The van der Waals surface area contributed by atoms with Crippen molar-refractivity contribution in [2.45, 2.75) is 4.90 Å². The van der Waals surface area contributed by atoms with E-state index >= 15 is 0 Å². The lowest BCUT2D eigenvalue weighted by molar-refractivity contribution is 0.0697. The Kier molecular flexibility index (Phi) is 4.05. The first-order valence-electron chi connectivity index (χ1n) is 6.92. The molecule has 0 fully saturated rings. The Morgan fingerprint density at radius 3 is 2.50 bits per heavy atom. The zero-order chi connectivity index (χ0) is 17.2. The second-order valence-electron chi connectivity index (χ2n) is 4.95. The molecule has 0 radical (unpaired) electrons. The van der Waals surface area contributed by atoms with Gasteiger partial charge in [-0.2, -0.15) is 5.10 Å². The fraction of sp³-hybridized carbons (Fsp3) is 0. The van der Waals surface area contributed by atoms with Gasteiger partial charge in [0.15, 0.2) is 0 Å². The quantitative estimate of drug-likeness (QED) is 0.740. The van der Waals surface area contributed by atoms with Gasteiger partial charge in [0.25, 0.3) is 10.0 Å². The summed E-state index contributed by atoms with van der Waals surface area (Å²) in [6, 6.07) is 14.5. The van der Waals surface area contributed by atoms with Gasteiger partial charge < -0.3 is 5.11 Å². The van der Waals surface area contributed by atoms with Crippen LogP contribution in [-0.4, -0.2) is 29.3 Å². The molecule has 7 nitrogen and oxygen atoms in total. The third kappa shape index (κ3) is 3.28. The molecule has 0 spiro atoms. The average molecular weight is 343 g/mol. The highest BCUT2D eigenvalue weighted by molar-refractivity contribution is 7.92. The minimum Gasteiger partial charge on any atom is -0.478 e. The molecular formula is C16H13N3O4S. The number of aromatic nitrogens is 2. The molecule has 0 saturated heterocycles. The summed E-state index contributed by atoms with van der Waals surface area (Å²) in [6.45, 7) is 0. The number of aromatic carboxylic acids is 1. The summed E-state index contributed by atoms with van der Waals surface area (Å²) >= 11 is 0. The monoisotopic (exact) mass is 343 g/mol. The van der Waals surface area contributed by atoms with Crippen LogP contribution < -0.4 is 4.72 Å². The fourth-order valence-corrected chi connectivity index (χ4v) is 3.17. The Morgan fingerprint density at radius 1 is 1.08 bits per heavy atom. The van der Waals surface area contributed by atoms with Crippen molar-refractivity contribution >= 4 is 21.7 Å². The Labute approximate surface area is 138 Å². The number of rotatable bonds is 5. The second kappa shape index (κ2) is 6.17. The number of carboxylic acid groups (broad SMARTS) is 1. The van der Waals surface area contributed by atoms with Gasteiger partial charge in [-0.15, -0.1) is 0 Å². The lowest BCUT2D eigenvalue weighted by atomic mass is 10.3. The number of sulfonamides is 1. The van der Waals surface area contributed by atoms with E-state index in [4.69, 9.17) is 5.11 Å². The Hall–Kier alpha value is -3.13. The van der Waals surface area contributed by atoms with Crippen molar-refractivity contribution in [1.82, 2.24) is 9.78 Å². The van der Waals surface area contributed by atoms with Crippen molar-refractivity contribution in [3.05, 3.63) is 72.6 Å². The molecule has 0 saturated carbocycles. The van der Waals surface area contributed by atoms with Crippen LogP contribution in [0.5, 0.6) is 0 Å². The van der Waals surface area contributed by atoms with Crippen molar-refractivity contribution in [1.29, 1.82) is 0 Å². The van der Waals surface area contributed by atoms with Crippen LogP contribution in [0.1, 0.15) is 10.4 Å². The first-order chi connectivity index (χ1) is 11.5. The summed E-state index contributed by atoms with van der Waals surface area (Å²) in [5.41, 5.74) is 0.935. The van der Waals surface area contributed by atoms with Crippen molar-refractivity contribution in [3.63, 3.8) is 0 Å². The molecule has 8 heteroatoms. The number of carbonyl (C=O) groups is 1. The molecule has 122 valence electrons. The molecule has 0 bridgehead atoms. The number of carboxylic acids is 1. The maximum Gasteiger partial charge on any atom is 0.338 e. The van der Waals surface area contributed by atoms with E-state index in [1.54, 1.807) is 42.5 Å². The van der Waals surface area contributed by atoms with Crippen molar-refractivity contribution in [2.75, 3.05) is 4.72 Å². The zero-order valence-corrected chi connectivity index (χ0v) is 13.1. The van der Waals surface area contributed by atoms with Crippen molar-refractivity contribution in [3.8, 4) is 5.69 Å². The SMILES string of the molecule is O=C(O)c1cnn(-c2cccc(NS(=O)(=O)c3ccccc3)c2)c1. The smallest absolute Gasteiger partial charge is 0.338 e. The van der Waals surface area contributed by atoms with Crippen LogP contribution in [0.4, 0.5) is 5.69 Å². The number of nitrogens with zero attached hydrogens (tertiary/aromatic N) is 2. The van der Waals surface area contributed by atoms with Crippen LogP contribution in [0.25, 0.3) is 5.69 Å². The van der Waals surface area contributed by atoms with Crippen LogP contribution in [-0.2, 0) is 10.0 Å². The number of hydrogen-bond donors (Lipinski definition) is 2. The van der Waals surface area contributed by atoms with Crippen LogP contribution in [0.15, 0.2) is 71.9 Å². The van der Waals surface area contributed by atoms with Crippen LogP contribution in [0, 0.1) is 0 Å². The normalized spacial score (nSPS) is 11.2. The molecule has 2 aromatic carbocycles. The summed E-state index contributed by atoms with van der Waals surface area (Å²) in [7, 11) is -3.69.